The zero-order chi connectivity index (χ0) is 16.0. The SMILES string of the molecule is Cc1ccc(C(=O)Oc2c3ccoc3cc3oc(=O)ccc23)s1. The van der Waals surface area contributed by atoms with Crippen LogP contribution in [0.5, 0.6) is 5.75 Å². The van der Waals surface area contributed by atoms with Crippen LogP contribution in [0.25, 0.3) is 21.9 Å². The Balaban J connectivity index is 1.90. The molecule has 0 radical (unpaired) electrons. The molecular weight excluding hydrogens is 316 g/mol. The van der Waals surface area contributed by atoms with Crippen molar-refractivity contribution in [1.82, 2.24) is 0 Å². The summed E-state index contributed by atoms with van der Waals surface area (Å²) in [6, 6.07) is 9.77. The number of rotatable bonds is 2. The summed E-state index contributed by atoms with van der Waals surface area (Å²) in [5.74, 6) is -0.129. The molecule has 5 nitrogen and oxygen atoms in total. The van der Waals surface area contributed by atoms with Crippen molar-refractivity contribution in [2.24, 2.45) is 0 Å². The third-order valence-electron chi connectivity index (χ3n) is 3.45. The van der Waals surface area contributed by atoms with Crippen molar-refractivity contribution in [2.45, 2.75) is 6.92 Å². The molecule has 1 aromatic carbocycles. The standard InChI is InChI=1S/C17H10O5S/c1-9-2-4-14(23-9)17(19)22-16-10-3-5-15(18)21-13(10)8-12-11(16)6-7-20-12/h2-8H,1H3. The van der Waals surface area contributed by atoms with Crippen LogP contribution >= 0.6 is 11.3 Å². The highest BCUT2D eigenvalue weighted by atomic mass is 32.1. The summed E-state index contributed by atoms with van der Waals surface area (Å²) in [6.07, 6.45) is 1.49. The lowest BCUT2D eigenvalue weighted by Crippen LogP contribution is -2.07. The van der Waals surface area contributed by atoms with Gasteiger partial charge in [-0.3, -0.25) is 0 Å². The number of fused-ring (bicyclic) bond motifs is 2. The van der Waals surface area contributed by atoms with Gasteiger partial charge in [-0.2, -0.15) is 0 Å². The van der Waals surface area contributed by atoms with E-state index >= 15 is 0 Å². The lowest BCUT2D eigenvalue weighted by molar-refractivity contribution is 0.0744. The van der Waals surface area contributed by atoms with Gasteiger partial charge in [0.15, 0.2) is 5.75 Å². The first-order valence-electron chi connectivity index (χ1n) is 6.84. The molecule has 4 aromatic rings. The number of hydrogen-bond donors (Lipinski definition) is 0. The molecule has 0 bridgehead atoms. The second kappa shape index (κ2) is 5.10. The summed E-state index contributed by atoms with van der Waals surface area (Å²) in [6.45, 7) is 1.92. The number of esters is 1. The molecule has 4 rings (SSSR count). The summed E-state index contributed by atoms with van der Waals surface area (Å²) in [5, 5.41) is 1.19. The van der Waals surface area contributed by atoms with Crippen LogP contribution in [0.15, 0.2) is 56.3 Å². The number of carbonyl (C=O) groups is 1. The van der Waals surface area contributed by atoms with Gasteiger partial charge in [-0.1, -0.05) is 0 Å². The van der Waals surface area contributed by atoms with Crippen LogP contribution in [0, 0.1) is 6.92 Å². The van der Waals surface area contributed by atoms with E-state index in [9.17, 15) is 9.59 Å². The average Bonchev–Trinajstić information content (AvgIpc) is 3.15. The molecule has 23 heavy (non-hydrogen) atoms. The van der Waals surface area contributed by atoms with Gasteiger partial charge in [0, 0.05) is 17.0 Å². The Morgan fingerprint density at radius 3 is 2.70 bits per heavy atom. The fraction of sp³-hybridized carbons (Fsp3) is 0.0588. The molecule has 0 saturated heterocycles. The zero-order valence-corrected chi connectivity index (χ0v) is 12.8. The summed E-state index contributed by atoms with van der Waals surface area (Å²) < 4.78 is 16.1. The van der Waals surface area contributed by atoms with Crippen molar-refractivity contribution in [3.63, 3.8) is 0 Å². The number of benzene rings is 1. The number of carbonyl (C=O) groups excluding carboxylic acids is 1. The second-order valence-electron chi connectivity index (χ2n) is 5.00. The number of aryl methyl sites for hydroxylation is 1. The van der Waals surface area contributed by atoms with Crippen LogP contribution < -0.4 is 10.4 Å². The topological polar surface area (TPSA) is 69.7 Å². The van der Waals surface area contributed by atoms with Crippen molar-refractivity contribution in [3.05, 3.63) is 62.8 Å². The van der Waals surface area contributed by atoms with Crippen LogP contribution in [-0.2, 0) is 0 Å². The lowest BCUT2D eigenvalue weighted by Gasteiger charge is -2.07. The van der Waals surface area contributed by atoms with Gasteiger partial charge < -0.3 is 13.6 Å². The maximum absolute atomic E-state index is 12.4. The van der Waals surface area contributed by atoms with E-state index in [-0.39, 0.29) is 0 Å². The van der Waals surface area contributed by atoms with Crippen LogP contribution in [0.1, 0.15) is 14.5 Å². The molecule has 0 aliphatic carbocycles. The zero-order valence-electron chi connectivity index (χ0n) is 12.0. The van der Waals surface area contributed by atoms with Gasteiger partial charge in [-0.25, -0.2) is 9.59 Å². The van der Waals surface area contributed by atoms with E-state index in [1.807, 2.05) is 13.0 Å². The van der Waals surface area contributed by atoms with Gasteiger partial charge in [-0.05, 0) is 31.2 Å². The van der Waals surface area contributed by atoms with E-state index in [0.717, 1.165) is 4.88 Å². The van der Waals surface area contributed by atoms with Crippen LogP contribution in [0.3, 0.4) is 0 Å². The highest BCUT2D eigenvalue weighted by molar-refractivity contribution is 7.13. The Bertz CT molecular complexity index is 1100. The smallest absolute Gasteiger partial charge is 0.353 e. The molecule has 0 spiro atoms. The molecule has 0 saturated carbocycles. The first kappa shape index (κ1) is 13.8. The first-order valence-corrected chi connectivity index (χ1v) is 7.66. The molecule has 0 atom stereocenters. The molecule has 0 aliphatic heterocycles. The van der Waals surface area contributed by atoms with E-state index in [1.54, 1.807) is 24.3 Å². The van der Waals surface area contributed by atoms with Gasteiger partial charge in [0.25, 0.3) is 0 Å². The average molecular weight is 326 g/mol. The molecule has 3 aromatic heterocycles. The molecule has 0 fully saturated rings. The van der Waals surface area contributed by atoms with Gasteiger partial charge in [0.1, 0.15) is 16.0 Å². The highest BCUT2D eigenvalue weighted by Gasteiger charge is 2.18. The van der Waals surface area contributed by atoms with Crippen LogP contribution in [0.2, 0.25) is 0 Å². The third kappa shape index (κ3) is 2.33. The fourth-order valence-electron chi connectivity index (χ4n) is 2.41. The Labute approximate surface area is 133 Å². The minimum Gasteiger partial charge on any atom is -0.464 e. The molecular formula is C17H10O5S. The predicted molar refractivity (Wildman–Crippen MR) is 86.3 cm³/mol. The maximum Gasteiger partial charge on any atom is 0.353 e. The van der Waals surface area contributed by atoms with Crippen molar-refractivity contribution in [2.75, 3.05) is 0 Å². The summed E-state index contributed by atoms with van der Waals surface area (Å²) in [7, 11) is 0. The van der Waals surface area contributed by atoms with E-state index in [2.05, 4.69) is 0 Å². The summed E-state index contributed by atoms with van der Waals surface area (Å²) >= 11 is 1.36. The number of ether oxygens (including phenoxy) is 1. The number of hydrogen-bond acceptors (Lipinski definition) is 6. The second-order valence-corrected chi connectivity index (χ2v) is 6.29. The Hall–Kier alpha value is -2.86. The molecule has 0 aliphatic rings. The Morgan fingerprint density at radius 2 is 1.91 bits per heavy atom. The van der Waals surface area contributed by atoms with E-state index in [4.69, 9.17) is 13.6 Å². The number of furan rings is 1. The number of thiophene rings is 1. The molecule has 0 N–H and O–H groups in total. The van der Waals surface area contributed by atoms with E-state index in [0.29, 0.717) is 32.6 Å². The van der Waals surface area contributed by atoms with Crippen LogP contribution in [-0.4, -0.2) is 5.97 Å². The minimum atomic E-state index is -0.477. The summed E-state index contributed by atoms with van der Waals surface area (Å²) in [5.41, 5.74) is 0.316. The molecule has 114 valence electrons. The molecule has 0 amide bonds. The monoisotopic (exact) mass is 326 g/mol. The van der Waals surface area contributed by atoms with Crippen LogP contribution in [0.4, 0.5) is 0 Å². The molecule has 0 unspecified atom stereocenters. The molecule has 3 heterocycles. The van der Waals surface area contributed by atoms with Gasteiger partial charge in [0.2, 0.25) is 0 Å². The normalized spacial score (nSPS) is 11.2. The Kier molecular flexibility index (Phi) is 3.06. The van der Waals surface area contributed by atoms with Crippen molar-refractivity contribution in [1.29, 1.82) is 0 Å². The lowest BCUT2D eigenvalue weighted by atomic mass is 10.1. The maximum atomic E-state index is 12.4. The highest BCUT2D eigenvalue weighted by Crippen LogP contribution is 2.35. The molecule has 6 heteroatoms. The minimum absolute atomic E-state index is 0.310. The largest absolute Gasteiger partial charge is 0.464 e. The van der Waals surface area contributed by atoms with E-state index in [1.165, 1.54) is 23.7 Å². The quantitative estimate of drug-likeness (QED) is 0.315. The van der Waals surface area contributed by atoms with E-state index < -0.39 is 11.6 Å². The Morgan fingerprint density at radius 1 is 1.09 bits per heavy atom. The third-order valence-corrected chi connectivity index (χ3v) is 4.43. The van der Waals surface area contributed by atoms with Gasteiger partial charge >= 0.3 is 11.6 Å². The van der Waals surface area contributed by atoms with Crippen molar-refractivity contribution >= 4 is 39.2 Å². The first-order chi connectivity index (χ1) is 11.1. The predicted octanol–water partition coefficient (Wildman–Crippen LogP) is 4.13. The van der Waals surface area contributed by atoms with Gasteiger partial charge in [-0.15, -0.1) is 11.3 Å². The van der Waals surface area contributed by atoms with Gasteiger partial charge in [0.05, 0.1) is 17.0 Å². The fourth-order valence-corrected chi connectivity index (χ4v) is 3.15. The van der Waals surface area contributed by atoms with Crippen molar-refractivity contribution in [3.8, 4) is 5.75 Å². The summed E-state index contributed by atoms with van der Waals surface area (Å²) in [4.78, 5) is 25.3. The van der Waals surface area contributed by atoms with Crippen molar-refractivity contribution < 1.29 is 18.4 Å².